The van der Waals surface area contributed by atoms with Crippen LogP contribution < -0.4 is 10.5 Å². The van der Waals surface area contributed by atoms with Gasteiger partial charge in [0.25, 0.3) is 0 Å². The van der Waals surface area contributed by atoms with Gasteiger partial charge in [-0.05, 0) is 35.4 Å². The maximum atomic E-state index is 8.70. The van der Waals surface area contributed by atoms with Crippen molar-refractivity contribution in [2.75, 3.05) is 0 Å². The molecule has 0 aliphatic heterocycles. The Labute approximate surface area is 106 Å². The Morgan fingerprint density at radius 2 is 1.83 bits per heavy atom. The Morgan fingerprint density at radius 1 is 1.06 bits per heavy atom. The van der Waals surface area contributed by atoms with Crippen LogP contribution in [0.3, 0.4) is 0 Å². The highest BCUT2D eigenvalue weighted by atomic mass is 16.5. The van der Waals surface area contributed by atoms with Gasteiger partial charge < -0.3 is 10.5 Å². The molecule has 0 saturated carbocycles. The molecule has 0 saturated heterocycles. The van der Waals surface area contributed by atoms with E-state index >= 15 is 0 Å². The average Bonchev–Trinajstić information content (AvgIpc) is 2.46. The molecule has 0 aliphatic carbocycles. The molecule has 0 heterocycles. The van der Waals surface area contributed by atoms with E-state index < -0.39 is 0 Å². The van der Waals surface area contributed by atoms with Crippen LogP contribution in [0.2, 0.25) is 0 Å². The van der Waals surface area contributed by atoms with Crippen LogP contribution >= 0.6 is 0 Å². The van der Waals surface area contributed by atoms with Gasteiger partial charge in [-0.15, -0.1) is 0 Å². The predicted molar refractivity (Wildman–Crippen MR) is 69.8 cm³/mol. The highest BCUT2D eigenvalue weighted by Crippen LogP contribution is 2.15. The van der Waals surface area contributed by atoms with Crippen molar-refractivity contribution in [1.82, 2.24) is 0 Å². The molecule has 0 amide bonds. The first kappa shape index (κ1) is 12.2. The first-order chi connectivity index (χ1) is 8.81. The van der Waals surface area contributed by atoms with E-state index in [1.807, 2.05) is 36.4 Å². The van der Waals surface area contributed by atoms with Crippen molar-refractivity contribution in [3.63, 3.8) is 0 Å². The zero-order valence-corrected chi connectivity index (χ0v) is 9.97. The maximum absolute atomic E-state index is 8.70. The van der Waals surface area contributed by atoms with Crippen molar-refractivity contribution in [2.45, 2.75) is 13.2 Å². The molecule has 0 aliphatic rings. The Hall–Kier alpha value is -2.31. The molecule has 18 heavy (non-hydrogen) atoms. The third-order valence-corrected chi connectivity index (χ3v) is 2.62. The second-order valence-electron chi connectivity index (χ2n) is 3.95. The molecule has 0 fully saturated rings. The van der Waals surface area contributed by atoms with E-state index in [0.29, 0.717) is 18.7 Å². The zero-order valence-electron chi connectivity index (χ0n) is 9.97. The molecule has 0 unspecified atom stereocenters. The lowest BCUT2D eigenvalue weighted by atomic mass is 10.1. The number of benzene rings is 2. The van der Waals surface area contributed by atoms with Gasteiger partial charge in [0.2, 0.25) is 0 Å². The van der Waals surface area contributed by atoms with Crippen LogP contribution in [0.1, 0.15) is 16.7 Å². The predicted octanol–water partition coefficient (Wildman–Crippen LogP) is 2.60. The largest absolute Gasteiger partial charge is 0.489 e. The summed E-state index contributed by atoms with van der Waals surface area (Å²) in [5.74, 6) is 0.808. The van der Waals surface area contributed by atoms with Crippen LogP contribution in [-0.4, -0.2) is 0 Å². The molecule has 2 N–H and O–H groups in total. The fraction of sp³-hybridized carbons (Fsp3) is 0.133. The minimum atomic E-state index is 0.486. The molecule has 3 heteroatoms. The van der Waals surface area contributed by atoms with Crippen LogP contribution in [-0.2, 0) is 13.2 Å². The molecule has 2 rings (SSSR count). The van der Waals surface area contributed by atoms with Crippen LogP contribution in [0.15, 0.2) is 48.5 Å². The Kier molecular flexibility index (Phi) is 3.95. The van der Waals surface area contributed by atoms with Gasteiger partial charge in [0, 0.05) is 6.54 Å². The van der Waals surface area contributed by atoms with E-state index in [1.165, 1.54) is 0 Å². The molecular formula is C15H14N2O. The standard InChI is InChI=1S/C15H14N2O/c16-9-12-4-6-13(7-5-12)11-18-15-3-1-2-14(8-15)10-17/h1-8H,10-11,17H2. The maximum Gasteiger partial charge on any atom is 0.120 e. The summed E-state index contributed by atoms with van der Waals surface area (Å²) < 4.78 is 5.67. The highest BCUT2D eigenvalue weighted by molar-refractivity contribution is 5.32. The summed E-state index contributed by atoms with van der Waals surface area (Å²) in [6.45, 7) is 0.994. The van der Waals surface area contributed by atoms with Gasteiger partial charge in [-0.3, -0.25) is 0 Å². The molecule has 0 aromatic heterocycles. The number of nitrogens with zero attached hydrogens (tertiary/aromatic N) is 1. The number of rotatable bonds is 4. The molecule has 0 bridgehead atoms. The summed E-state index contributed by atoms with van der Waals surface area (Å²) >= 11 is 0. The van der Waals surface area contributed by atoms with Crippen LogP contribution in [0, 0.1) is 11.3 Å². The molecule has 90 valence electrons. The Balaban J connectivity index is 2.00. The average molecular weight is 238 g/mol. The van der Waals surface area contributed by atoms with Gasteiger partial charge in [-0.2, -0.15) is 5.26 Å². The fourth-order valence-corrected chi connectivity index (χ4v) is 1.60. The SMILES string of the molecule is N#Cc1ccc(COc2cccc(CN)c2)cc1. The van der Waals surface area contributed by atoms with Gasteiger partial charge in [0.05, 0.1) is 11.6 Å². The van der Waals surface area contributed by atoms with E-state index in [4.69, 9.17) is 15.7 Å². The van der Waals surface area contributed by atoms with Crippen LogP contribution in [0.5, 0.6) is 5.75 Å². The zero-order chi connectivity index (χ0) is 12.8. The van der Waals surface area contributed by atoms with Gasteiger partial charge in [-0.1, -0.05) is 24.3 Å². The van der Waals surface area contributed by atoms with Crippen molar-refractivity contribution in [1.29, 1.82) is 5.26 Å². The summed E-state index contributed by atoms with van der Waals surface area (Å²) in [5, 5.41) is 8.70. The summed E-state index contributed by atoms with van der Waals surface area (Å²) in [5.41, 5.74) is 8.31. The van der Waals surface area contributed by atoms with Crippen molar-refractivity contribution < 1.29 is 4.74 Å². The molecule has 2 aromatic rings. The summed E-state index contributed by atoms with van der Waals surface area (Å²) in [6.07, 6.45) is 0. The summed E-state index contributed by atoms with van der Waals surface area (Å²) in [6, 6.07) is 17.2. The summed E-state index contributed by atoms with van der Waals surface area (Å²) in [7, 11) is 0. The van der Waals surface area contributed by atoms with Crippen LogP contribution in [0.4, 0.5) is 0 Å². The molecule has 0 radical (unpaired) electrons. The second kappa shape index (κ2) is 5.85. The third kappa shape index (κ3) is 3.09. The molecule has 0 atom stereocenters. The molecular weight excluding hydrogens is 224 g/mol. The first-order valence-corrected chi connectivity index (χ1v) is 5.72. The quantitative estimate of drug-likeness (QED) is 0.890. The van der Waals surface area contributed by atoms with Gasteiger partial charge in [0.1, 0.15) is 12.4 Å². The third-order valence-electron chi connectivity index (χ3n) is 2.62. The Morgan fingerprint density at radius 3 is 2.50 bits per heavy atom. The minimum Gasteiger partial charge on any atom is -0.489 e. The smallest absolute Gasteiger partial charge is 0.120 e. The fourth-order valence-electron chi connectivity index (χ4n) is 1.60. The first-order valence-electron chi connectivity index (χ1n) is 5.72. The minimum absolute atomic E-state index is 0.486. The van der Waals surface area contributed by atoms with Gasteiger partial charge >= 0.3 is 0 Å². The number of hydrogen-bond acceptors (Lipinski definition) is 3. The van der Waals surface area contributed by atoms with Gasteiger partial charge in [0.15, 0.2) is 0 Å². The molecule has 2 aromatic carbocycles. The topological polar surface area (TPSA) is 59.0 Å². The van der Waals surface area contributed by atoms with E-state index in [-0.39, 0.29) is 0 Å². The van der Waals surface area contributed by atoms with Crippen molar-refractivity contribution in [2.24, 2.45) is 5.73 Å². The van der Waals surface area contributed by atoms with Crippen molar-refractivity contribution in [3.8, 4) is 11.8 Å². The second-order valence-corrected chi connectivity index (χ2v) is 3.95. The molecule has 3 nitrogen and oxygen atoms in total. The number of nitrogens with two attached hydrogens (primary N) is 1. The number of ether oxygens (including phenoxy) is 1. The monoisotopic (exact) mass is 238 g/mol. The van der Waals surface area contributed by atoms with E-state index in [2.05, 4.69) is 6.07 Å². The lowest BCUT2D eigenvalue weighted by molar-refractivity contribution is 0.306. The van der Waals surface area contributed by atoms with E-state index in [1.54, 1.807) is 12.1 Å². The highest BCUT2D eigenvalue weighted by Gasteiger charge is 1.98. The lowest BCUT2D eigenvalue weighted by Gasteiger charge is -2.07. The lowest BCUT2D eigenvalue weighted by Crippen LogP contribution is -1.98. The molecule has 0 spiro atoms. The normalized spacial score (nSPS) is 9.78. The van der Waals surface area contributed by atoms with Gasteiger partial charge in [-0.25, -0.2) is 0 Å². The van der Waals surface area contributed by atoms with Crippen molar-refractivity contribution >= 4 is 0 Å². The number of nitriles is 1. The van der Waals surface area contributed by atoms with E-state index in [9.17, 15) is 0 Å². The number of hydrogen-bond donors (Lipinski definition) is 1. The van der Waals surface area contributed by atoms with E-state index in [0.717, 1.165) is 16.9 Å². The van der Waals surface area contributed by atoms with Crippen molar-refractivity contribution in [3.05, 3.63) is 65.2 Å². The van der Waals surface area contributed by atoms with Crippen LogP contribution in [0.25, 0.3) is 0 Å². The Bertz CT molecular complexity index is 555. The summed E-state index contributed by atoms with van der Waals surface area (Å²) in [4.78, 5) is 0.